The number of rotatable bonds is 6. The topological polar surface area (TPSA) is 24.4 Å². The van der Waals surface area contributed by atoms with Crippen molar-refractivity contribution in [3.05, 3.63) is 59.7 Å². The standard InChI is InChI=1S/C18H26N2/c1-13(11-12-14(2)19-5)15(3)17-9-7-8-10-18(17)16(4)20-6/h7-12,15-16,20H,1H2,2-6H3/b12-11-,19-14?. The smallest absolute Gasteiger partial charge is 0.0313 e. The molecule has 1 aromatic rings. The Bertz CT molecular complexity index is 512. The highest BCUT2D eigenvalue weighted by Gasteiger charge is 2.14. The molecule has 0 heterocycles. The van der Waals surface area contributed by atoms with Crippen molar-refractivity contribution in [1.29, 1.82) is 0 Å². The van der Waals surface area contributed by atoms with Gasteiger partial charge in [-0.25, -0.2) is 0 Å². The third kappa shape index (κ3) is 4.17. The number of nitrogens with one attached hydrogen (secondary N) is 1. The summed E-state index contributed by atoms with van der Waals surface area (Å²) >= 11 is 0. The summed E-state index contributed by atoms with van der Waals surface area (Å²) in [7, 11) is 3.79. The molecule has 2 heteroatoms. The Kier molecular flexibility index (Phi) is 6.40. The van der Waals surface area contributed by atoms with E-state index in [4.69, 9.17) is 0 Å². The van der Waals surface area contributed by atoms with Crippen LogP contribution in [0.1, 0.15) is 43.9 Å². The normalized spacial score (nSPS) is 15.3. The zero-order valence-corrected chi connectivity index (χ0v) is 13.3. The highest BCUT2D eigenvalue weighted by atomic mass is 14.9. The molecule has 0 radical (unpaired) electrons. The molecule has 108 valence electrons. The molecule has 0 saturated heterocycles. The number of hydrogen-bond acceptors (Lipinski definition) is 2. The highest BCUT2D eigenvalue weighted by Crippen LogP contribution is 2.29. The molecule has 0 bridgehead atoms. The number of nitrogens with zero attached hydrogens (tertiary/aromatic N) is 1. The Hall–Kier alpha value is -1.67. The van der Waals surface area contributed by atoms with E-state index >= 15 is 0 Å². The van der Waals surface area contributed by atoms with Crippen LogP contribution >= 0.6 is 0 Å². The largest absolute Gasteiger partial charge is 0.313 e. The van der Waals surface area contributed by atoms with Crippen molar-refractivity contribution >= 4 is 5.71 Å². The van der Waals surface area contributed by atoms with Crippen LogP contribution in [-0.4, -0.2) is 19.8 Å². The number of hydrogen-bond donors (Lipinski definition) is 1. The summed E-state index contributed by atoms with van der Waals surface area (Å²) in [6.07, 6.45) is 4.08. The third-order valence-electron chi connectivity index (χ3n) is 3.81. The second-order valence-electron chi connectivity index (χ2n) is 5.13. The Morgan fingerprint density at radius 2 is 1.80 bits per heavy atom. The highest BCUT2D eigenvalue weighted by molar-refractivity contribution is 5.93. The molecule has 0 aliphatic heterocycles. The van der Waals surface area contributed by atoms with Crippen LogP contribution in [0.5, 0.6) is 0 Å². The maximum Gasteiger partial charge on any atom is 0.0313 e. The van der Waals surface area contributed by atoms with Crippen molar-refractivity contribution in [2.45, 2.75) is 32.7 Å². The maximum atomic E-state index is 4.20. The fourth-order valence-corrected chi connectivity index (χ4v) is 2.10. The fraction of sp³-hybridized carbons (Fsp3) is 0.389. The number of benzene rings is 1. The molecule has 1 aromatic carbocycles. The van der Waals surface area contributed by atoms with Crippen molar-refractivity contribution in [3.8, 4) is 0 Å². The summed E-state index contributed by atoms with van der Waals surface area (Å²) < 4.78 is 0. The van der Waals surface area contributed by atoms with Gasteiger partial charge in [-0.2, -0.15) is 0 Å². The van der Waals surface area contributed by atoms with E-state index in [-0.39, 0.29) is 0 Å². The molecule has 0 aliphatic carbocycles. The van der Waals surface area contributed by atoms with E-state index in [2.05, 4.69) is 61.1 Å². The zero-order valence-electron chi connectivity index (χ0n) is 13.3. The molecule has 0 aliphatic rings. The summed E-state index contributed by atoms with van der Waals surface area (Å²) in [6.45, 7) is 10.6. The minimum absolute atomic E-state index is 0.294. The number of allylic oxidation sites excluding steroid dienone is 3. The van der Waals surface area contributed by atoms with Crippen LogP contribution in [0.3, 0.4) is 0 Å². The van der Waals surface area contributed by atoms with Gasteiger partial charge >= 0.3 is 0 Å². The Labute approximate surface area is 123 Å². The molecule has 0 aromatic heterocycles. The molecule has 0 saturated carbocycles. The van der Waals surface area contributed by atoms with Gasteiger partial charge < -0.3 is 5.32 Å². The Balaban J connectivity index is 3.00. The first-order valence-corrected chi connectivity index (χ1v) is 7.07. The summed E-state index contributed by atoms with van der Waals surface area (Å²) in [5, 5.41) is 3.31. The van der Waals surface area contributed by atoms with Crippen molar-refractivity contribution in [2.24, 2.45) is 4.99 Å². The van der Waals surface area contributed by atoms with Crippen molar-refractivity contribution in [1.82, 2.24) is 5.32 Å². The fourth-order valence-electron chi connectivity index (χ4n) is 2.10. The van der Waals surface area contributed by atoms with Gasteiger partial charge in [-0.05, 0) is 43.7 Å². The average Bonchev–Trinajstić information content (AvgIpc) is 2.50. The van der Waals surface area contributed by atoms with E-state index in [0.717, 1.165) is 11.3 Å². The lowest BCUT2D eigenvalue weighted by atomic mass is 9.87. The van der Waals surface area contributed by atoms with Gasteiger partial charge in [0.15, 0.2) is 0 Å². The second-order valence-corrected chi connectivity index (χ2v) is 5.13. The molecule has 0 fully saturated rings. The van der Waals surface area contributed by atoms with Gasteiger partial charge in [-0.15, -0.1) is 0 Å². The molecular formula is C18H26N2. The van der Waals surface area contributed by atoms with Crippen LogP contribution in [-0.2, 0) is 0 Å². The van der Waals surface area contributed by atoms with Crippen LogP contribution in [0.4, 0.5) is 0 Å². The molecule has 2 nitrogen and oxygen atoms in total. The lowest BCUT2D eigenvalue weighted by molar-refractivity contribution is 0.641. The van der Waals surface area contributed by atoms with Crippen LogP contribution in [0.25, 0.3) is 0 Å². The monoisotopic (exact) mass is 270 g/mol. The number of aliphatic imine (C=N–C) groups is 1. The molecule has 1 N–H and O–H groups in total. The van der Waals surface area contributed by atoms with Crippen molar-refractivity contribution in [2.75, 3.05) is 14.1 Å². The summed E-state index contributed by atoms with van der Waals surface area (Å²) in [4.78, 5) is 4.13. The van der Waals surface area contributed by atoms with E-state index in [1.54, 1.807) is 7.05 Å². The van der Waals surface area contributed by atoms with Crippen molar-refractivity contribution < 1.29 is 0 Å². The first kappa shape index (κ1) is 16.4. The molecular weight excluding hydrogens is 244 g/mol. The lowest BCUT2D eigenvalue weighted by Gasteiger charge is -2.21. The van der Waals surface area contributed by atoms with Gasteiger partial charge in [0.25, 0.3) is 0 Å². The van der Waals surface area contributed by atoms with Crippen molar-refractivity contribution in [3.63, 3.8) is 0 Å². The molecule has 1 rings (SSSR count). The predicted octanol–water partition coefficient (Wildman–Crippen LogP) is 4.27. The predicted molar refractivity (Wildman–Crippen MR) is 89.6 cm³/mol. The summed E-state index contributed by atoms with van der Waals surface area (Å²) in [5.41, 5.74) is 4.77. The Morgan fingerprint density at radius 1 is 1.20 bits per heavy atom. The first-order chi connectivity index (χ1) is 9.51. The van der Waals surface area contributed by atoms with Gasteiger partial charge in [0.1, 0.15) is 0 Å². The van der Waals surface area contributed by atoms with Crippen LogP contribution < -0.4 is 5.32 Å². The van der Waals surface area contributed by atoms with Gasteiger partial charge in [0.2, 0.25) is 0 Å². The minimum atomic E-state index is 0.294. The van der Waals surface area contributed by atoms with Crippen LogP contribution in [0, 0.1) is 0 Å². The van der Waals surface area contributed by atoms with Gasteiger partial charge in [0.05, 0.1) is 0 Å². The molecule has 20 heavy (non-hydrogen) atoms. The molecule has 2 unspecified atom stereocenters. The van der Waals surface area contributed by atoms with E-state index in [0.29, 0.717) is 12.0 Å². The van der Waals surface area contributed by atoms with Gasteiger partial charge in [0, 0.05) is 24.7 Å². The zero-order chi connectivity index (χ0) is 15.1. The van der Waals surface area contributed by atoms with E-state index < -0.39 is 0 Å². The van der Waals surface area contributed by atoms with Gasteiger partial charge in [-0.3, -0.25) is 4.99 Å². The summed E-state index contributed by atoms with van der Waals surface area (Å²) in [5.74, 6) is 0.294. The Morgan fingerprint density at radius 3 is 2.35 bits per heavy atom. The van der Waals surface area contributed by atoms with Crippen LogP contribution in [0.2, 0.25) is 0 Å². The molecule has 0 amide bonds. The molecule has 0 spiro atoms. The second kappa shape index (κ2) is 7.81. The SMILES string of the molecule is C=C(/C=C\C(C)=NC)C(C)c1ccccc1C(C)NC. The maximum absolute atomic E-state index is 4.20. The molecule has 2 atom stereocenters. The average molecular weight is 270 g/mol. The first-order valence-electron chi connectivity index (χ1n) is 7.07. The quantitative estimate of drug-likeness (QED) is 0.606. The lowest BCUT2D eigenvalue weighted by Crippen LogP contribution is -2.15. The third-order valence-corrected chi connectivity index (χ3v) is 3.81. The van der Waals surface area contributed by atoms with E-state index in [1.165, 1.54) is 11.1 Å². The van der Waals surface area contributed by atoms with Gasteiger partial charge in [-0.1, -0.05) is 43.8 Å². The van der Waals surface area contributed by atoms with E-state index in [1.807, 2.05) is 20.0 Å². The minimum Gasteiger partial charge on any atom is -0.313 e. The summed E-state index contributed by atoms with van der Waals surface area (Å²) in [6, 6.07) is 8.89. The van der Waals surface area contributed by atoms with Crippen LogP contribution in [0.15, 0.2) is 53.6 Å². The van der Waals surface area contributed by atoms with E-state index in [9.17, 15) is 0 Å².